The van der Waals surface area contributed by atoms with Crippen LogP contribution in [0.5, 0.6) is 5.75 Å². The summed E-state index contributed by atoms with van der Waals surface area (Å²) in [6.07, 6.45) is 5.05. The molecule has 0 aromatic carbocycles. The number of aliphatic hydroxyl groups is 1. The highest BCUT2D eigenvalue weighted by Crippen LogP contribution is 2.41. The fourth-order valence-electron chi connectivity index (χ4n) is 2.70. The highest BCUT2D eigenvalue weighted by molar-refractivity contribution is 6.29. The second-order valence-corrected chi connectivity index (χ2v) is 7.25. The fraction of sp³-hybridized carbons (Fsp3) is 0.625. The first-order valence-corrected chi connectivity index (χ1v) is 7.96. The maximum absolute atomic E-state index is 12.0. The largest absolute Gasteiger partial charge is 0.413 e. The van der Waals surface area contributed by atoms with Crippen molar-refractivity contribution in [1.82, 2.24) is 10.3 Å². The van der Waals surface area contributed by atoms with E-state index in [0.717, 1.165) is 19.3 Å². The molecule has 1 heterocycles. The summed E-state index contributed by atoms with van der Waals surface area (Å²) in [4.78, 5) is 15.9. The van der Waals surface area contributed by atoms with Crippen LogP contribution in [0.2, 0.25) is 5.15 Å². The van der Waals surface area contributed by atoms with Crippen LogP contribution < -0.4 is 10.1 Å². The van der Waals surface area contributed by atoms with Crippen LogP contribution in [0.25, 0.3) is 0 Å². The third-order valence-electron chi connectivity index (χ3n) is 3.70. The van der Waals surface area contributed by atoms with E-state index in [-0.39, 0.29) is 10.9 Å². The molecule has 2 rings (SSSR count). The Balaban J connectivity index is 2.26. The maximum Gasteiger partial charge on any atom is 0.413 e. The van der Waals surface area contributed by atoms with E-state index >= 15 is 0 Å². The third kappa shape index (κ3) is 4.34. The molecule has 0 radical (unpaired) electrons. The molecule has 0 unspecified atom stereocenters. The van der Waals surface area contributed by atoms with Crippen LogP contribution in [0.1, 0.15) is 58.4 Å². The summed E-state index contributed by atoms with van der Waals surface area (Å²) >= 11 is 5.96. The molecule has 1 fully saturated rings. The minimum Gasteiger partial charge on any atom is -0.408 e. The summed E-state index contributed by atoms with van der Waals surface area (Å²) in [6, 6.07) is 1.59. The molecule has 5 nitrogen and oxygen atoms in total. The Bertz CT molecular complexity index is 549. The number of rotatable bonds is 2. The Labute approximate surface area is 136 Å². The first-order valence-electron chi connectivity index (χ1n) is 7.58. The van der Waals surface area contributed by atoms with Crippen molar-refractivity contribution in [2.24, 2.45) is 0 Å². The molecular weight excluding hydrogens is 304 g/mol. The first-order chi connectivity index (χ1) is 10.2. The molecule has 0 saturated heterocycles. The minimum absolute atomic E-state index is 0.260. The normalized spacial score (nSPS) is 17.9. The summed E-state index contributed by atoms with van der Waals surface area (Å²) in [5.74, 6) is 0.260. The molecule has 6 heteroatoms. The van der Waals surface area contributed by atoms with Crippen molar-refractivity contribution in [1.29, 1.82) is 0 Å². The van der Waals surface area contributed by atoms with E-state index < -0.39 is 17.2 Å². The molecule has 122 valence electrons. The Kier molecular flexibility index (Phi) is 4.97. The molecule has 2 N–H and O–H groups in total. The average molecular weight is 327 g/mol. The molecule has 1 saturated carbocycles. The highest BCUT2D eigenvalue weighted by Gasteiger charge is 2.35. The lowest BCUT2D eigenvalue weighted by molar-refractivity contribution is -0.00240. The summed E-state index contributed by atoms with van der Waals surface area (Å²) in [7, 11) is 0. The number of ether oxygens (including phenoxy) is 1. The molecule has 1 amide bonds. The van der Waals surface area contributed by atoms with E-state index in [2.05, 4.69) is 10.3 Å². The van der Waals surface area contributed by atoms with Gasteiger partial charge in [0, 0.05) is 11.1 Å². The monoisotopic (exact) mass is 326 g/mol. The van der Waals surface area contributed by atoms with Crippen LogP contribution >= 0.6 is 11.6 Å². The van der Waals surface area contributed by atoms with Crippen molar-refractivity contribution < 1.29 is 14.6 Å². The van der Waals surface area contributed by atoms with Gasteiger partial charge in [-0.25, -0.2) is 9.78 Å². The van der Waals surface area contributed by atoms with E-state index in [1.165, 1.54) is 6.20 Å². The van der Waals surface area contributed by atoms with Crippen molar-refractivity contribution in [3.05, 3.63) is 23.0 Å². The molecule has 1 aromatic rings. The van der Waals surface area contributed by atoms with Crippen LogP contribution in [0.3, 0.4) is 0 Å². The van der Waals surface area contributed by atoms with Gasteiger partial charge < -0.3 is 15.2 Å². The Morgan fingerprint density at radius 3 is 2.59 bits per heavy atom. The second kappa shape index (κ2) is 6.42. The van der Waals surface area contributed by atoms with Gasteiger partial charge in [-0.05, 0) is 39.7 Å². The number of carbonyl (C=O) groups is 1. The van der Waals surface area contributed by atoms with Crippen molar-refractivity contribution in [3.8, 4) is 5.75 Å². The van der Waals surface area contributed by atoms with Gasteiger partial charge in [-0.15, -0.1) is 0 Å². The van der Waals surface area contributed by atoms with Crippen LogP contribution in [0.15, 0.2) is 12.3 Å². The number of halogens is 1. The number of aromatic nitrogens is 1. The molecule has 1 aliphatic rings. The number of carbonyl (C=O) groups excluding carboxylic acids is 1. The molecule has 0 atom stereocenters. The molecular formula is C16H23ClN2O3. The van der Waals surface area contributed by atoms with Crippen LogP contribution in [-0.2, 0) is 5.60 Å². The number of amides is 1. The van der Waals surface area contributed by atoms with Gasteiger partial charge in [0.25, 0.3) is 0 Å². The molecule has 0 aliphatic heterocycles. The van der Waals surface area contributed by atoms with E-state index in [1.807, 2.05) is 20.8 Å². The number of nitrogens with zero attached hydrogens (tertiary/aromatic N) is 1. The second-order valence-electron chi connectivity index (χ2n) is 6.86. The van der Waals surface area contributed by atoms with Gasteiger partial charge in [0.05, 0.1) is 11.8 Å². The summed E-state index contributed by atoms with van der Waals surface area (Å²) < 4.78 is 5.36. The first kappa shape index (κ1) is 17.0. The zero-order chi connectivity index (χ0) is 16.4. The van der Waals surface area contributed by atoms with Crippen molar-refractivity contribution in [2.75, 3.05) is 0 Å². The molecule has 1 aromatic heterocycles. The van der Waals surface area contributed by atoms with Gasteiger partial charge in [0.1, 0.15) is 5.15 Å². The lowest BCUT2D eigenvalue weighted by Crippen LogP contribution is -2.42. The van der Waals surface area contributed by atoms with E-state index in [1.54, 1.807) is 6.07 Å². The predicted molar refractivity (Wildman–Crippen MR) is 85.1 cm³/mol. The van der Waals surface area contributed by atoms with Crippen LogP contribution in [-0.4, -0.2) is 21.7 Å². The molecule has 0 spiro atoms. The minimum atomic E-state index is -1.01. The standard InChI is InChI=1S/C16H23ClN2O3/c1-15(2,3)19-14(20)22-12-10-18-13(17)9-11(12)16(21)7-5-4-6-8-16/h9-10,21H,4-8H2,1-3H3,(H,19,20). The van der Waals surface area contributed by atoms with Gasteiger partial charge in [-0.2, -0.15) is 0 Å². The molecule has 1 aliphatic carbocycles. The van der Waals surface area contributed by atoms with Crippen LogP contribution in [0.4, 0.5) is 4.79 Å². The summed E-state index contributed by atoms with van der Waals surface area (Å²) in [5.41, 5.74) is -0.877. The van der Waals surface area contributed by atoms with Crippen molar-refractivity contribution in [2.45, 2.75) is 64.0 Å². The molecule has 22 heavy (non-hydrogen) atoms. The topological polar surface area (TPSA) is 71.5 Å². The third-order valence-corrected chi connectivity index (χ3v) is 3.90. The van der Waals surface area contributed by atoms with Gasteiger partial charge in [-0.1, -0.05) is 30.9 Å². The predicted octanol–water partition coefficient (Wildman–Crippen LogP) is 3.77. The fourth-order valence-corrected chi connectivity index (χ4v) is 2.86. The number of hydrogen-bond donors (Lipinski definition) is 2. The summed E-state index contributed by atoms with van der Waals surface area (Å²) in [6.45, 7) is 5.60. The van der Waals surface area contributed by atoms with Gasteiger partial charge >= 0.3 is 6.09 Å². The quantitative estimate of drug-likeness (QED) is 0.811. The smallest absolute Gasteiger partial charge is 0.408 e. The van der Waals surface area contributed by atoms with Gasteiger partial charge in [0.2, 0.25) is 0 Å². The highest BCUT2D eigenvalue weighted by atomic mass is 35.5. The zero-order valence-electron chi connectivity index (χ0n) is 13.3. The number of pyridine rings is 1. The molecule has 0 bridgehead atoms. The summed E-state index contributed by atoms with van der Waals surface area (Å²) in [5, 5.41) is 13.9. The van der Waals surface area contributed by atoms with Gasteiger partial charge in [0.15, 0.2) is 5.75 Å². The van der Waals surface area contributed by atoms with E-state index in [4.69, 9.17) is 16.3 Å². The Hall–Kier alpha value is -1.33. The van der Waals surface area contributed by atoms with Crippen molar-refractivity contribution >= 4 is 17.7 Å². The van der Waals surface area contributed by atoms with E-state index in [9.17, 15) is 9.90 Å². The zero-order valence-corrected chi connectivity index (χ0v) is 14.0. The van der Waals surface area contributed by atoms with Crippen LogP contribution in [0, 0.1) is 0 Å². The van der Waals surface area contributed by atoms with Gasteiger partial charge in [-0.3, -0.25) is 0 Å². The number of nitrogens with one attached hydrogen (secondary N) is 1. The Morgan fingerprint density at radius 2 is 2.00 bits per heavy atom. The number of hydrogen-bond acceptors (Lipinski definition) is 4. The SMILES string of the molecule is CC(C)(C)NC(=O)Oc1cnc(Cl)cc1C1(O)CCCCC1. The average Bonchev–Trinajstić information content (AvgIpc) is 2.39. The van der Waals surface area contributed by atoms with E-state index in [0.29, 0.717) is 18.4 Å². The lowest BCUT2D eigenvalue weighted by atomic mass is 9.80. The lowest BCUT2D eigenvalue weighted by Gasteiger charge is -2.33. The Morgan fingerprint density at radius 1 is 1.36 bits per heavy atom. The van der Waals surface area contributed by atoms with Crippen molar-refractivity contribution in [3.63, 3.8) is 0 Å². The maximum atomic E-state index is 12.0.